The highest BCUT2D eigenvalue weighted by atomic mass is 16.7. The molecule has 232 valence electrons. The van der Waals surface area contributed by atoms with Crippen molar-refractivity contribution in [2.24, 2.45) is 50.7 Å². The first kappa shape index (κ1) is 29.1. The summed E-state index contributed by atoms with van der Waals surface area (Å²) in [5, 5.41) is 65.9. The quantitative estimate of drug-likeness (QED) is 0.268. The van der Waals surface area contributed by atoms with Crippen molar-refractivity contribution in [3.05, 3.63) is 0 Å². The third-order valence-corrected chi connectivity index (χ3v) is 15.0. The molecule has 16 atom stereocenters. The number of aliphatic hydroxyl groups excluding tert-OH is 5. The standard InChI is InChI=1S/C32H50O9/c1-15-12-16(33)24(37)32(39)23(15)28(4)10-11-31-14-30(31)9-8-20(41-25-22(36)21(35)17(34)13-40-25)27(2,3)18(30)6-7-19(31)29(28,5)26(32)38/h15,17-26,34-39H,6-14H2,1-5H3/t15-,17-,18+,19+,20?,21+,22-,23-,24?,25+,26?,28-,29-,30-,31+,32?/m1/s1. The van der Waals surface area contributed by atoms with E-state index >= 15 is 0 Å². The number of ether oxygens (including phenoxy) is 2. The van der Waals surface area contributed by atoms with Crippen molar-refractivity contribution in [2.75, 3.05) is 6.61 Å². The Balaban J connectivity index is 1.19. The van der Waals surface area contributed by atoms with Crippen molar-refractivity contribution in [2.45, 2.75) is 135 Å². The molecule has 2 spiro atoms. The van der Waals surface area contributed by atoms with Gasteiger partial charge in [-0.25, -0.2) is 0 Å². The maximum absolute atomic E-state index is 12.8. The van der Waals surface area contributed by atoms with Gasteiger partial charge in [-0.2, -0.15) is 0 Å². The van der Waals surface area contributed by atoms with Gasteiger partial charge >= 0.3 is 0 Å². The Hall–Kier alpha value is -0.650. The van der Waals surface area contributed by atoms with Gasteiger partial charge in [0, 0.05) is 17.8 Å². The van der Waals surface area contributed by atoms with Crippen LogP contribution in [0.1, 0.15) is 86.0 Å². The number of Topliss-reactive ketones (excluding diaryl/α,β-unsaturated/α-hetero) is 1. The van der Waals surface area contributed by atoms with Gasteiger partial charge in [-0.15, -0.1) is 0 Å². The van der Waals surface area contributed by atoms with Crippen molar-refractivity contribution >= 4 is 5.78 Å². The van der Waals surface area contributed by atoms with Crippen LogP contribution in [0.15, 0.2) is 0 Å². The van der Waals surface area contributed by atoms with Gasteiger partial charge in [-0.3, -0.25) is 4.79 Å². The Kier molecular flexibility index (Phi) is 6.05. The highest BCUT2D eigenvalue weighted by Crippen LogP contribution is 2.89. The van der Waals surface area contributed by atoms with Crippen molar-refractivity contribution in [3.8, 4) is 0 Å². The fourth-order valence-electron chi connectivity index (χ4n) is 13.1. The number of hydrogen-bond donors (Lipinski definition) is 6. The topological polar surface area (TPSA) is 157 Å². The van der Waals surface area contributed by atoms with Crippen molar-refractivity contribution < 1.29 is 44.9 Å². The summed E-state index contributed by atoms with van der Waals surface area (Å²) in [6.07, 6.45) is -0.858. The first-order chi connectivity index (χ1) is 19.0. The first-order valence-electron chi connectivity index (χ1n) is 16.0. The minimum atomic E-state index is -1.83. The second kappa shape index (κ2) is 8.53. The average molecular weight is 579 g/mol. The molecule has 0 radical (unpaired) electrons. The summed E-state index contributed by atoms with van der Waals surface area (Å²) in [5.41, 5.74) is -2.95. The highest BCUT2D eigenvalue weighted by molar-refractivity contribution is 5.86. The summed E-state index contributed by atoms with van der Waals surface area (Å²) < 4.78 is 12.0. The van der Waals surface area contributed by atoms with E-state index in [0.29, 0.717) is 5.92 Å². The summed E-state index contributed by atoms with van der Waals surface area (Å²) in [7, 11) is 0. The van der Waals surface area contributed by atoms with Crippen LogP contribution in [-0.2, 0) is 14.3 Å². The van der Waals surface area contributed by atoms with Gasteiger partial charge < -0.3 is 40.1 Å². The number of fused-ring (bicyclic) bond motifs is 4. The van der Waals surface area contributed by atoms with Crippen LogP contribution in [0.2, 0.25) is 0 Å². The lowest BCUT2D eigenvalue weighted by atomic mass is 9.41. The monoisotopic (exact) mass is 578 g/mol. The SMILES string of the molecule is C[C@@H]1CC(=O)C(O)C2(O)C(O)[C@@]3(C)[C@@H]4CC[C@H]5C(C)(C)C(O[C@@H]6OC[C@@H](O)[C@H](O)[C@H]6O)CC[C@@]56C[C@@]46CC[C@]3(C)[C@@H]12. The van der Waals surface area contributed by atoms with E-state index < -0.39 is 53.2 Å². The Bertz CT molecular complexity index is 1130. The van der Waals surface area contributed by atoms with Crippen LogP contribution in [0.4, 0.5) is 0 Å². The van der Waals surface area contributed by atoms with Crippen molar-refractivity contribution in [1.82, 2.24) is 0 Å². The lowest BCUT2D eigenvalue weighted by molar-refractivity contribution is -0.303. The second-order valence-electron chi connectivity index (χ2n) is 16.4. The van der Waals surface area contributed by atoms with E-state index in [-0.39, 0.29) is 58.9 Å². The lowest BCUT2D eigenvalue weighted by Gasteiger charge is -2.63. The third kappa shape index (κ3) is 3.13. The summed E-state index contributed by atoms with van der Waals surface area (Å²) in [4.78, 5) is 12.8. The number of ketones is 1. The second-order valence-corrected chi connectivity index (χ2v) is 16.4. The summed E-state index contributed by atoms with van der Waals surface area (Å²) in [6.45, 7) is 10.8. The zero-order valence-corrected chi connectivity index (χ0v) is 25.1. The largest absolute Gasteiger partial charge is 0.389 e. The van der Waals surface area contributed by atoms with Crippen LogP contribution >= 0.6 is 0 Å². The fourth-order valence-corrected chi connectivity index (χ4v) is 13.1. The van der Waals surface area contributed by atoms with Crippen LogP contribution in [0.25, 0.3) is 0 Å². The van der Waals surface area contributed by atoms with Gasteiger partial charge in [-0.1, -0.05) is 34.6 Å². The summed E-state index contributed by atoms with van der Waals surface area (Å²) in [5.74, 6) is -0.276. The molecule has 0 aromatic rings. The number of rotatable bonds is 2. The molecule has 7 aliphatic rings. The van der Waals surface area contributed by atoms with Crippen LogP contribution in [-0.4, -0.2) is 91.5 Å². The molecule has 7 fully saturated rings. The van der Waals surface area contributed by atoms with Gasteiger partial charge in [0.25, 0.3) is 0 Å². The zero-order chi connectivity index (χ0) is 29.7. The fraction of sp³-hybridized carbons (Fsp3) is 0.969. The molecule has 1 saturated heterocycles. The third-order valence-electron chi connectivity index (χ3n) is 15.0. The van der Waals surface area contributed by atoms with Crippen LogP contribution in [0, 0.1) is 50.7 Å². The molecule has 6 aliphatic carbocycles. The van der Waals surface area contributed by atoms with Crippen LogP contribution in [0.3, 0.4) is 0 Å². The summed E-state index contributed by atoms with van der Waals surface area (Å²) in [6, 6.07) is 0. The molecule has 7 rings (SSSR count). The predicted molar refractivity (Wildman–Crippen MR) is 146 cm³/mol. The van der Waals surface area contributed by atoms with E-state index in [1.54, 1.807) is 0 Å². The van der Waals surface area contributed by atoms with Gasteiger partial charge in [-0.05, 0) is 84.4 Å². The Morgan fingerprint density at radius 2 is 1.54 bits per heavy atom. The van der Waals surface area contributed by atoms with Crippen LogP contribution in [0.5, 0.6) is 0 Å². The van der Waals surface area contributed by atoms with E-state index in [4.69, 9.17) is 9.47 Å². The predicted octanol–water partition coefficient (Wildman–Crippen LogP) is 1.53. The molecule has 9 heteroatoms. The summed E-state index contributed by atoms with van der Waals surface area (Å²) >= 11 is 0. The smallest absolute Gasteiger partial charge is 0.186 e. The van der Waals surface area contributed by atoms with E-state index in [1.807, 2.05) is 6.92 Å². The van der Waals surface area contributed by atoms with E-state index in [2.05, 4.69) is 27.7 Å². The Morgan fingerprint density at radius 1 is 0.878 bits per heavy atom. The molecule has 6 saturated carbocycles. The number of hydrogen-bond acceptors (Lipinski definition) is 9. The van der Waals surface area contributed by atoms with Crippen LogP contribution < -0.4 is 0 Å². The highest BCUT2D eigenvalue weighted by Gasteiger charge is 2.87. The molecule has 0 aromatic carbocycles. The molecule has 1 heterocycles. The van der Waals surface area contributed by atoms with Gasteiger partial charge in [0.15, 0.2) is 12.1 Å². The van der Waals surface area contributed by atoms with Crippen molar-refractivity contribution in [3.63, 3.8) is 0 Å². The lowest BCUT2D eigenvalue weighted by Crippen LogP contribution is -2.63. The van der Waals surface area contributed by atoms with Gasteiger partial charge in [0.05, 0.1) is 18.8 Å². The van der Waals surface area contributed by atoms with E-state index in [0.717, 1.165) is 44.9 Å². The minimum Gasteiger partial charge on any atom is -0.389 e. The Morgan fingerprint density at radius 3 is 2.24 bits per heavy atom. The molecule has 6 N–H and O–H groups in total. The van der Waals surface area contributed by atoms with Crippen molar-refractivity contribution in [1.29, 1.82) is 0 Å². The number of carbonyl (C=O) groups excluding carboxylic acids is 1. The Labute approximate surface area is 242 Å². The molecule has 0 bridgehead atoms. The molecular formula is C32H50O9. The molecule has 0 amide bonds. The molecule has 4 unspecified atom stereocenters. The normalized spacial score (nSPS) is 62.6. The molecule has 41 heavy (non-hydrogen) atoms. The van der Waals surface area contributed by atoms with E-state index in [1.165, 1.54) is 0 Å². The van der Waals surface area contributed by atoms with Gasteiger partial charge in [0.1, 0.15) is 30.0 Å². The first-order valence-corrected chi connectivity index (χ1v) is 16.0. The number of aliphatic hydroxyl groups is 6. The average Bonchev–Trinajstić information content (AvgIpc) is 3.55. The molecular weight excluding hydrogens is 528 g/mol. The zero-order valence-electron chi connectivity index (χ0n) is 25.1. The maximum atomic E-state index is 12.8. The number of carbonyl (C=O) groups is 1. The van der Waals surface area contributed by atoms with E-state index in [9.17, 15) is 35.4 Å². The maximum Gasteiger partial charge on any atom is 0.186 e. The van der Waals surface area contributed by atoms with Gasteiger partial charge in [0.2, 0.25) is 0 Å². The minimum absolute atomic E-state index is 0.0383. The molecule has 0 aromatic heterocycles. The molecule has 1 aliphatic heterocycles. The molecule has 9 nitrogen and oxygen atoms in total.